The first-order valence-electron chi connectivity index (χ1n) is 8.99. The van der Waals surface area contributed by atoms with Crippen molar-refractivity contribution >= 4 is 17.9 Å². The Labute approximate surface area is 151 Å². The lowest BCUT2D eigenvalue weighted by Crippen LogP contribution is -2.72. The summed E-state index contributed by atoms with van der Waals surface area (Å²) in [6.45, 7) is 3.78. The van der Waals surface area contributed by atoms with Crippen LogP contribution in [0.5, 0.6) is 5.75 Å². The van der Waals surface area contributed by atoms with E-state index in [1.807, 2.05) is 13.0 Å². The first-order valence-corrected chi connectivity index (χ1v) is 8.99. The number of aldehydes is 1. The molecule has 5 aliphatic rings. The second-order valence-corrected chi connectivity index (χ2v) is 8.32. The average Bonchev–Trinajstić information content (AvgIpc) is 2.95. The van der Waals surface area contributed by atoms with Crippen LogP contribution in [0, 0.1) is 17.3 Å². The third kappa shape index (κ3) is 1.43. The zero-order chi connectivity index (χ0) is 18.5. The van der Waals surface area contributed by atoms with Crippen molar-refractivity contribution in [3.63, 3.8) is 0 Å². The highest BCUT2D eigenvalue weighted by Gasteiger charge is 2.76. The van der Waals surface area contributed by atoms with E-state index in [4.69, 9.17) is 9.47 Å². The lowest BCUT2D eigenvalue weighted by molar-refractivity contribution is -0.219. The van der Waals surface area contributed by atoms with E-state index in [0.29, 0.717) is 16.9 Å². The number of methoxy groups -OCH3 is 1. The van der Waals surface area contributed by atoms with Gasteiger partial charge in [0.05, 0.1) is 18.1 Å². The number of rotatable bonds is 2. The van der Waals surface area contributed by atoms with Crippen molar-refractivity contribution < 1.29 is 23.9 Å². The molecule has 2 fully saturated rings. The quantitative estimate of drug-likeness (QED) is 0.766. The molecule has 2 heterocycles. The van der Waals surface area contributed by atoms with Crippen LogP contribution in [0.3, 0.4) is 0 Å². The van der Waals surface area contributed by atoms with Gasteiger partial charge in [0.1, 0.15) is 12.0 Å². The van der Waals surface area contributed by atoms with Crippen LogP contribution in [0.15, 0.2) is 29.8 Å². The second kappa shape index (κ2) is 4.52. The van der Waals surface area contributed by atoms with Crippen molar-refractivity contribution in [3.8, 4) is 5.75 Å². The van der Waals surface area contributed by atoms with Crippen LogP contribution in [-0.2, 0) is 9.53 Å². The number of ketones is 2. The predicted molar refractivity (Wildman–Crippen MR) is 92.3 cm³/mol. The molecule has 5 atom stereocenters. The van der Waals surface area contributed by atoms with Crippen molar-refractivity contribution in [3.05, 3.63) is 41.0 Å². The monoisotopic (exact) mass is 352 g/mol. The van der Waals surface area contributed by atoms with Gasteiger partial charge in [-0.25, -0.2) is 0 Å². The molecule has 6 rings (SSSR count). The molecule has 1 saturated carbocycles. The van der Waals surface area contributed by atoms with E-state index in [1.165, 1.54) is 7.11 Å². The zero-order valence-electron chi connectivity index (χ0n) is 15.0. The number of fused-ring (bicyclic) bond motifs is 1. The highest BCUT2D eigenvalue weighted by atomic mass is 16.5. The summed E-state index contributed by atoms with van der Waals surface area (Å²) in [6, 6.07) is 4.88. The summed E-state index contributed by atoms with van der Waals surface area (Å²) < 4.78 is 11.7. The Hall–Kier alpha value is -2.27. The Kier molecular flexibility index (Phi) is 2.77. The molecule has 0 amide bonds. The van der Waals surface area contributed by atoms with Gasteiger partial charge in [0.25, 0.3) is 0 Å². The van der Waals surface area contributed by atoms with Crippen LogP contribution in [0.4, 0.5) is 0 Å². The molecule has 0 radical (unpaired) electrons. The predicted octanol–water partition coefficient (Wildman–Crippen LogP) is 2.77. The lowest BCUT2D eigenvalue weighted by atomic mass is 9.49. The number of carbonyl (C=O) groups is 3. The summed E-state index contributed by atoms with van der Waals surface area (Å²) in [6.07, 6.45) is 4.37. The number of Topliss-reactive ketones (excluding diaryl/α,β-unsaturated/α-hetero) is 2. The fourth-order valence-electron chi connectivity index (χ4n) is 5.85. The molecular weight excluding hydrogens is 332 g/mol. The molecule has 3 aliphatic carbocycles. The average molecular weight is 352 g/mol. The summed E-state index contributed by atoms with van der Waals surface area (Å²) in [5.74, 6) is -0.0383. The van der Waals surface area contributed by atoms with Gasteiger partial charge < -0.3 is 14.3 Å². The topological polar surface area (TPSA) is 69.7 Å². The number of hydrogen-bond donors (Lipinski definition) is 0. The molecular formula is C21H20O5. The minimum absolute atomic E-state index is 0.00593. The second-order valence-electron chi connectivity index (χ2n) is 8.32. The molecule has 0 N–H and O–H groups in total. The summed E-state index contributed by atoms with van der Waals surface area (Å²) in [5.41, 5.74) is -2.11. The molecule has 5 heteroatoms. The molecule has 4 bridgehead atoms. The van der Waals surface area contributed by atoms with Crippen molar-refractivity contribution in [2.24, 2.45) is 17.3 Å². The largest absolute Gasteiger partial charge is 0.497 e. The van der Waals surface area contributed by atoms with Gasteiger partial charge in [-0.3, -0.25) is 9.59 Å². The fraction of sp³-hybridized carbons (Fsp3) is 0.476. The van der Waals surface area contributed by atoms with Crippen molar-refractivity contribution in [2.75, 3.05) is 7.11 Å². The summed E-state index contributed by atoms with van der Waals surface area (Å²) in [4.78, 5) is 39.3. The first kappa shape index (κ1) is 15.9. The van der Waals surface area contributed by atoms with Gasteiger partial charge in [-0.05, 0) is 50.8 Å². The minimum Gasteiger partial charge on any atom is -0.497 e. The minimum atomic E-state index is -1.53. The molecule has 2 aliphatic heterocycles. The fourth-order valence-corrected chi connectivity index (χ4v) is 5.85. The smallest absolute Gasteiger partial charge is 0.201 e. The van der Waals surface area contributed by atoms with Crippen LogP contribution in [0.2, 0.25) is 0 Å². The maximum Gasteiger partial charge on any atom is 0.201 e. The van der Waals surface area contributed by atoms with E-state index < -0.39 is 16.6 Å². The van der Waals surface area contributed by atoms with Crippen LogP contribution in [-0.4, -0.2) is 36.2 Å². The molecule has 1 aromatic carbocycles. The maximum atomic E-state index is 13.7. The Bertz CT molecular complexity index is 930. The Morgan fingerprint density at radius 1 is 1.23 bits per heavy atom. The molecule has 0 aromatic heterocycles. The highest BCUT2D eigenvalue weighted by Crippen LogP contribution is 2.68. The van der Waals surface area contributed by atoms with Crippen LogP contribution in [0.25, 0.3) is 0 Å². The molecule has 26 heavy (non-hydrogen) atoms. The third-order valence-electron chi connectivity index (χ3n) is 7.26. The van der Waals surface area contributed by atoms with Gasteiger partial charge >= 0.3 is 0 Å². The van der Waals surface area contributed by atoms with E-state index in [1.54, 1.807) is 25.1 Å². The number of hydrogen-bond acceptors (Lipinski definition) is 5. The first-order chi connectivity index (χ1) is 12.3. The normalized spacial score (nSPS) is 42.2. The van der Waals surface area contributed by atoms with Crippen molar-refractivity contribution in [1.82, 2.24) is 0 Å². The van der Waals surface area contributed by atoms with Gasteiger partial charge in [-0.15, -0.1) is 0 Å². The van der Waals surface area contributed by atoms with E-state index in [9.17, 15) is 14.4 Å². The van der Waals surface area contributed by atoms with Crippen molar-refractivity contribution in [1.29, 1.82) is 0 Å². The number of ether oxygens (including phenoxy) is 2. The zero-order valence-corrected chi connectivity index (χ0v) is 15.0. The Morgan fingerprint density at radius 2 is 2.00 bits per heavy atom. The standard InChI is InChI=1S/C21H20O5/c1-19(10-22)14-6-7-20(2)15(14)9-16-17(23)12-5-4-11(25-3)8-13(12)18(24)21(16,19)26-20/h4-5,8-10,14-15H,6-7H2,1-3H3/t14-,15-,19-,20+,21-/m0/s1. The van der Waals surface area contributed by atoms with Gasteiger partial charge in [0.15, 0.2) is 11.4 Å². The van der Waals surface area contributed by atoms with Gasteiger partial charge in [-0.2, -0.15) is 0 Å². The van der Waals surface area contributed by atoms with Crippen molar-refractivity contribution in [2.45, 2.75) is 37.9 Å². The molecule has 134 valence electrons. The van der Waals surface area contributed by atoms with Crippen LogP contribution in [0.1, 0.15) is 47.4 Å². The molecule has 1 saturated heterocycles. The summed E-state index contributed by atoms with van der Waals surface area (Å²) >= 11 is 0. The van der Waals surface area contributed by atoms with Gasteiger partial charge in [-0.1, -0.05) is 6.08 Å². The maximum absolute atomic E-state index is 13.7. The van der Waals surface area contributed by atoms with Gasteiger partial charge in [0.2, 0.25) is 5.78 Å². The molecule has 1 aromatic rings. The van der Waals surface area contributed by atoms with E-state index in [0.717, 1.165) is 19.1 Å². The molecule has 0 unspecified atom stereocenters. The van der Waals surface area contributed by atoms with Crippen LogP contribution < -0.4 is 4.74 Å². The Balaban J connectivity index is 1.85. The van der Waals surface area contributed by atoms with E-state index in [2.05, 4.69) is 0 Å². The summed E-state index contributed by atoms with van der Waals surface area (Å²) in [5, 5.41) is 0. The molecule has 5 nitrogen and oxygen atoms in total. The van der Waals surface area contributed by atoms with Crippen LogP contribution >= 0.6 is 0 Å². The SMILES string of the molecule is COc1ccc2c(c1)C(=O)[C@@]13O[C@]4(C)CC[C@@H]([C@@H]4C=C1C2=O)[C@]3(C)C=O. The van der Waals surface area contributed by atoms with Gasteiger partial charge in [0, 0.05) is 22.6 Å². The number of carbonyl (C=O) groups excluding carboxylic acids is 3. The summed E-state index contributed by atoms with van der Waals surface area (Å²) in [7, 11) is 1.51. The third-order valence-corrected chi connectivity index (χ3v) is 7.26. The number of benzene rings is 1. The van der Waals surface area contributed by atoms with E-state index >= 15 is 0 Å². The molecule has 1 spiro atoms. The highest BCUT2D eigenvalue weighted by molar-refractivity contribution is 6.28. The lowest BCUT2D eigenvalue weighted by Gasteiger charge is -2.61. The van der Waals surface area contributed by atoms with E-state index in [-0.39, 0.29) is 29.0 Å². The Morgan fingerprint density at radius 3 is 2.69 bits per heavy atom.